The molecular formula is C16H16BrCl2NO. The van der Waals surface area contributed by atoms with Crippen molar-refractivity contribution in [1.82, 2.24) is 0 Å². The smallest absolute Gasteiger partial charge is 0.140 e. The second kappa shape index (κ2) is 7.01. The SMILES string of the molecule is Cc1ccc(C(Oc2cc(Cl)c(Br)cc2Cl)C(C)N)cc1. The Morgan fingerprint density at radius 1 is 1.10 bits per heavy atom. The summed E-state index contributed by atoms with van der Waals surface area (Å²) in [6.07, 6.45) is -0.291. The first-order valence-corrected chi connectivity index (χ1v) is 8.06. The molecule has 0 aromatic heterocycles. The quantitative estimate of drug-likeness (QED) is 0.698. The fourth-order valence-corrected chi connectivity index (χ4v) is 2.80. The van der Waals surface area contributed by atoms with Gasteiger partial charge in [-0.2, -0.15) is 0 Å². The molecule has 2 atom stereocenters. The second-order valence-electron chi connectivity index (χ2n) is 5.00. The largest absolute Gasteiger partial charge is 0.482 e. The van der Waals surface area contributed by atoms with E-state index < -0.39 is 0 Å². The maximum Gasteiger partial charge on any atom is 0.140 e. The van der Waals surface area contributed by atoms with Crippen LogP contribution in [0.15, 0.2) is 40.9 Å². The summed E-state index contributed by atoms with van der Waals surface area (Å²) in [5.41, 5.74) is 8.25. The number of aryl methyl sites for hydroxylation is 1. The van der Waals surface area contributed by atoms with E-state index >= 15 is 0 Å². The Balaban J connectivity index is 2.33. The minimum Gasteiger partial charge on any atom is -0.482 e. The summed E-state index contributed by atoms with van der Waals surface area (Å²) in [4.78, 5) is 0. The van der Waals surface area contributed by atoms with E-state index in [0.29, 0.717) is 15.8 Å². The van der Waals surface area contributed by atoms with E-state index in [1.807, 2.05) is 38.1 Å². The summed E-state index contributed by atoms with van der Waals surface area (Å²) in [7, 11) is 0. The van der Waals surface area contributed by atoms with Gasteiger partial charge in [0.2, 0.25) is 0 Å². The molecule has 21 heavy (non-hydrogen) atoms. The first kappa shape index (κ1) is 16.6. The Hall–Kier alpha value is -0.740. The van der Waals surface area contributed by atoms with Crippen LogP contribution < -0.4 is 10.5 Å². The summed E-state index contributed by atoms with van der Waals surface area (Å²) >= 11 is 15.6. The van der Waals surface area contributed by atoms with Gasteiger partial charge < -0.3 is 10.5 Å². The van der Waals surface area contributed by atoms with Gasteiger partial charge >= 0.3 is 0 Å². The van der Waals surface area contributed by atoms with Crippen LogP contribution in [0, 0.1) is 6.92 Å². The normalized spacial score (nSPS) is 13.8. The lowest BCUT2D eigenvalue weighted by molar-refractivity contribution is 0.180. The molecule has 0 fully saturated rings. The number of ether oxygens (including phenoxy) is 1. The standard InChI is InChI=1S/C16H16BrCl2NO/c1-9-3-5-11(6-4-9)16(10(2)20)21-15-8-13(18)12(17)7-14(15)19/h3-8,10,16H,20H2,1-2H3. The van der Waals surface area contributed by atoms with Gasteiger partial charge in [-0.3, -0.25) is 0 Å². The van der Waals surface area contributed by atoms with Crippen LogP contribution in [0.5, 0.6) is 5.75 Å². The van der Waals surface area contributed by atoms with E-state index in [4.69, 9.17) is 33.7 Å². The van der Waals surface area contributed by atoms with Gasteiger partial charge in [-0.1, -0.05) is 53.0 Å². The lowest BCUT2D eigenvalue weighted by Gasteiger charge is -2.24. The van der Waals surface area contributed by atoms with Crippen molar-refractivity contribution in [2.45, 2.75) is 26.0 Å². The molecular weight excluding hydrogens is 373 g/mol. The van der Waals surface area contributed by atoms with Crippen molar-refractivity contribution < 1.29 is 4.74 Å². The van der Waals surface area contributed by atoms with Gasteiger partial charge in [-0.25, -0.2) is 0 Å². The molecule has 2 unspecified atom stereocenters. The average Bonchev–Trinajstić information content (AvgIpc) is 2.42. The average molecular weight is 389 g/mol. The molecule has 0 radical (unpaired) electrons. The van der Waals surface area contributed by atoms with Gasteiger partial charge in [0.1, 0.15) is 11.9 Å². The predicted molar refractivity (Wildman–Crippen MR) is 92.4 cm³/mol. The minimum absolute atomic E-state index is 0.189. The highest BCUT2D eigenvalue weighted by Gasteiger charge is 2.20. The monoisotopic (exact) mass is 387 g/mol. The van der Waals surface area contributed by atoms with Gasteiger partial charge in [0.15, 0.2) is 0 Å². The third-order valence-corrected chi connectivity index (χ3v) is 4.60. The van der Waals surface area contributed by atoms with Crippen LogP contribution in [0.1, 0.15) is 24.2 Å². The van der Waals surface area contributed by atoms with Crippen LogP contribution in [0.2, 0.25) is 10.0 Å². The molecule has 0 bridgehead atoms. The second-order valence-corrected chi connectivity index (χ2v) is 6.67. The molecule has 112 valence electrons. The van der Waals surface area contributed by atoms with Gasteiger partial charge in [0.25, 0.3) is 0 Å². The highest BCUT2D eigenvalue weighted by molar-refractivity contribution is 9.10. The molecule has 0 aliphatic rings. The topological polar surface area (TPSA) is 35.2 Å². The number of hydrogen-bond acceptors (Lipinski definition) is 2. The van der Waals surface area contributed by atoms with Crippen LogP contribution in [0.4, 0.5) is 0 Å². The van der Waals surface area contributed by atoms with Crippen LogP contribution in [-0.2, 0) is 0 Å². The maximum absolute atomic E-state index is 6.21. The molecule has 2 nitrogen and oxygen atoms in total. The van der Waals surface area contributed by atoms with Crippen molar-refractivity contribution in [2.24, 2.45) is 5.73 Å². The number of hydrogen-bond donors (Lipinski definition) is 1. The highest BCUT2D eigenvalue weighted by atomic mass is 79.9. The third-order valence-electron chi connectivity index (χ3n) is 3.11. The summed E-state index contributed by atoms with van der Waals surface area (Å²) in [5, 5.41) is 1.03. The van der Waals surface area contributed by atoms with E-state index in [1.165, 1.54) is 5.56 Å². The fraction of sp³-hybridized carbons (Fsp3) is 0.250. The Labute approximate surface area is 143 Å². The molecule has 0 heterocycles. The van der Waals surface area contributed by atoms with Crippen LogP contribution in [-0.4, -0.2) is 6.04 Å². The van der Waals surface area contributed by atoms with Gasteiger partial charge in [-0.15, -0.1) is 0 Å². The molecule has 0 saturated heterocycles. The zero-order valence-electron chi connectivity index (χ0n) is 11.7. The van der Waals surface area contributed by atoms with Crippen LogP contribution in [0.25, 0.3) is 0 Å². The molecule has 0 aliphatic heterocycles. The lowest BCUT2D eigenvalue weighted by atomic mass is 10.0. The molecule has 2 N–H and O–H groups in total. The zero-order valence-corrected chi connectivity index (χ0v) is 14.8. The van der Waals surface area contributed by atoms with E-state index in [9.17, 15) is 0 Å². The molecule has 2 aromatic rings. The first-order chi connectivity index (χ1) is 9.88. The van der Waals surface area contributed by atoms with Crippen LogP contribution in [0.3, 0.4) is 0 Å². The molecule has 0 saturated carbocycles. The molecule has 0 amide bonds. The Bertz CT molecular complexity index is 629. The molecule has 0 spiro atoms. The van der Waals surface area contributed by atoms with E-state index in [-0.39, 0.29) is 12.1 Å². The van der Waals surface area contributed by atoms with E-state index in [2.05, 4.69) is 15.9 Å². The van der Waals surface area contributed by atoms with Crippen molar-refractivity contribution >= 4 is 39.1 Å². The number of nitrogens with two attached hydrogens (primary N) is 1. The third kappa shape index (κ3) is 4.13. The van der Waals surface area contributed by atoms with E-state index in [1.54, 1.807) is 12.1 Å². The summed E-state index contributed by atoms with van der Waals surface area (Å²) in [5.74, 6) is 0.521. The Morgan fingerprint density at radius 2 is 1.71 bits per heavy atom. The molecule has 2 rings (SSSR count). The van der Waals surface area contributed by atoms with Crippen molar-refractivity contribution in [3.63, 3.8) is 0 Å². The zero-order chi connectivity index (χ0) is 15.6. The molecule has 0 aliphatic carbocycles. The fourth-order valence-electron chi connectivity index (χ4n) is 1.97. The lowest BCUT2D eigenvalue weighted by Crippen LogP contribution is -2.29. The van der Waals surface area contributed by atoms with Crippen LogP contribution >= 0.6 is 39.1 Å². The minimum atomic E-state index is -0.291. The maximum atomic E-state index is 6.21. The molecule has 2 aromatic carbocycles. The summed E-state index contributed by atoms with van der Waals surface area (Å²) in [6, 6.07) is 11.3. The molecule has 5 heteroatoms. The van der Waals surface area contributed by atoms with Crippen molar-refractivity contribution in [2.75, 3.05) is 0 Å². The summed E-state index contributed by atoms with van der Waals surface area (Å²) in [6.45, 7) is 3.94. The Morgan fingerprint density at radius 3 is 2.29 bits per heavy atom. The predicted octanol–water partition coefficient (Wildman–Crippen LogP) is 5.53. The summed E-state index contributed by atoms with van der Waals surface area (Å²) < 4.78 is 6.74. The van der Waals surface area contributed by atoms with Crippen molar-refractivity contribution in [3.05, 3.63) is 62.0 Å². The van der Waals surface area contributed by atoms with Crippen molar-refractivity contribution in [3.8, 4) is 5.75 Å². The number of rotatable bonds is 4. The van der Waals surface area contributed by atoms with Gasteiger partial charge in [0.05, 0.1) is 10.0 Å². The number of benzene rings is 2. The van der Waals surface area contributed by atoms with Gasteiger partial charge in [-0.05, 0) is 41.4 Å². The van der Waals surface area contributed by atoms with Crippen molar-refractivity contribution in [1.29, 1.82) is 0 Å². The van der Waals surface area contributed by atoms with E-state index in [0.717, 1.165) is 10.0 Å². The Kier molecular flexibility index (Phi) is 5.55. The highest BCUT2D eigenvalue weighted by Crippen LogP contribution is 2.36. The van der Waals surface area contributed by atoms with Gasteiger partial charge in [0, 0.05) is 16.6 Å². The number of halogens is 3. The first-order valence-electron chi connectivity index (χ1n) is 6.52.